The van der Waals surface area contributed by atoms with E-state index in [1.807, 2.05) is 93.6 Å². The number of fused-ring (bicyclic) bond motifs is 13. The zero-order valence-corrected chi connectivity index (χ0v) is 74.5. The maximum atomic E-state index is 12.3. The summed E-state index contributed by atoms with van der Waals surface area (Å²) in [6.07, 6.45) is 0. The van der Waals surface area contributed by atoms with Gasteiger partial charge in [0, 0.05) is 82.4 Å². The number of nitrogens with two attached hydrogens (primary N) is 4. The maximum absolute atomic E-state index is 12.3. The fraction of sp³-hybridized carbons (Fsp3) is 0.145. The molecule has 0 bridgehead atoms. The fourth-order valence-electron chi connectivity index (χ4n) is 12.0. The minimum atomic E-state index is -1.20. The summed E-state index contributed by atoms with van der Waals surface area (Å²) in [5.41, 5.74) is 27.9. The average molecular weight is 1890 g/mol. The summed E-state index contributed by atoms with van der Waals surface area (Å²) >= 11 is 57.8. The lowest BCUT2D eigenvalue weighted by Gasteiger charge is -2.16. The van der Waals surface area contributed by atoms with E-state index in [0.717, 1.165) is 48.6 Å². The number of aryl methyl sites for hydroxylation is 1. The SMILES string of the molecule is CC(=O)C(C#N)c1c(Cl)cccc1[N+](=O)[O-].CC(=O)c1c(N)[nH]c2cccc(Cl)c12.CC(C)(C)C(=O)Nc1nc(Cl)c2c(n1)[nH]c1cccc(Cl)c12.CC(C)(C)C(=O)Nc1nc2[nH]c3cccc(Cl)c3c2c(=O)[nH]1.Cc1ccc(S)cc1.Nc1nc(N)c2c(n1)[nH]c1cccc(Cl)c12.Nc1nc2[nH]c3cccc(Cl)c3c2c(=O)[nH]1.O=[N+]([O-])c1cccc(Cl)c1Cl. The Labute approximate surface area is 757 Å². The van der Waals surface area contributed by atoms with Crippen molar-refractivity contribution in [3.05, 3.63) is 255 Å². The van der Waals surface area contributed by atoms with E-state index < -0.39 is 32.4 Å². The number of nitrogens with one attached hydrogen (secondary N) is 9. The predicted molar refractivity (Wildman–Crippen MR) is 502 cm³/mol. The van der Waals surface area contributed by atoms with Gasteiger partial charge in [-0.25, -0.2) is 0 Å². The third kappa shape index (κ3) is 22.0. The van der Waals surface area contributed by atoms with Gasteiger partial charge in [-0.15, -0.1) is 12.6 Å². The Hall–Kier alpha value is -12.9. The number of halogens is 9. The summed E-state index contributed by atoms with van der Waals surface area (Å²) in [7, 11) is 0. The zero-order valence-electron chi connectivity index (χ0n) is 66.8. The van der Waals surface area contributed by atoms with Crippen LogP contribution >= 0.6 is 117 Å². The number of nitriles is 1. The Kier molecular flexibility index (Phi) is 30.0. The molecule has 9 aromatic heterocycles. The minimum Gasteiger partial charge on any atom is -0.385 e. The summed E-state index contributed by atoms with van der Waals surface area (Å²) in [6.45, 7) is 15.5. The van der Waals surface area contributed by atoms with Crippen molar-refractivity contribution in [1.29, 1.82) is 5.26 Å². The number of aromatic nitrogens is 13. The largest absolute Gasteiger partial charge is 0.385 e. The maximum Gasteiger partial charge on any atom is 0.289 e. The molecule has 2 amide bonds. The van der Waals surface area contributed by atoms with E-state index in [-0.39, 0.29) is 89.7 Å². The minimum absolute atomic E-state index is 0.0147. The van der Waals surface area contributed by atoms with Gasteiger partial charge >= 0.3 is 0 Å². The highest BCUT2D eigenvalue weighted by Crippen LogP contribution is 2.39. The van der Waals surface area contributed by atoms with Gasteiger partial charge in [-0.3, -0.25) is 69.6 Å². The van der Waals surface area contributed by atoms with Crippen LogP contribution in [-0.4, -0.2) is 98.0 Å². The summed E-state index contributed by atoms with van der Waals surface area (Å²) in [6, 6.07) is 45.2. The van der Waals surface area contributed by atoms with E-state index in [1.165, 1.54) is 55.8 Å². The average Bonchev–Trinajstić information content (AvgIpc) is 1.63. The van der Waals surface area contributed by atoms with Crippen LogP contribution in [0.5, 0.6) is 0 Å². The summed E-state index contributed by atoms with van der Waals surface area (Å²) in [5.74, 6) is -0.952. The number of nitrogens with zero attached hydrogens (tertiary/aromatic N) is 9. The smallest absolute Gasteiger partial charge is 0.289 e. The highest BCUT2D eigenvalue weighted by atomic mass is 35.5. The van der Waals surface area contributed by atoms with Gasteiger partial charge in [0.2, 0.25) is 35.6 Å². The van der Waals surface area contributed by atoms with Gasteiger partial charge in [0.1, 0.15) is 50.3 Å². The van der Waals surface area contributed by atoms with E-state index in [9.17, 15) is 49.0 Å². The molecule has 0 aliphatic rings. The first kappa shape index (κ1) is 94.4. The number of nitro benzene ring substituents is 2. The number of carbonyl (C=O) groups is 4. The molecule has 0 radical (unpaired) electrons. The molecule has 17 aromatic rings. The van der Waals surface area contributed by atoms with Crippen LogP contribution in [0.25, 0.3) is 98.6 Å². The number of nitrogen functional groups attached to an aromatic ring is 4. The number of hydrogen-bond donors (Lipinski definition) is 14. The molecule has 1 atom stereocenters. The van der Waals surface area contributed by atoms with Crippen LogP contribution in [0.3, 0.4) is 0 Å². The molecule has 0 aliphatic heterocycles. The Bertz CT molecular complexity index is 7260. The summed E-state index contributed by atoms with van der Waals surface area (Å²) in [4.78, 5) is 136. The molecule has 1 unspecified atom stereocenters. The fourth-order valence-corrected chi connectivity index (χ4v) is 14.4. The van der Waals surface area contributed by atoms with Crippen molar-refractivity contribution in [2.24, 2.45) is 10.8 Å². The van der Waals surface area contributed by atoms with Crippen LogP contribution in [0.1, 0.15) is 82.8 Å². The Morgan fingerprint density at radius 3 is 1.31 bits per heavy atom. The number of H-pyrrole nitrogens is 7. The number of ketones is 2. The van der Waals surface area contributed by atoms with Gasteiger partial charge in [-0.1, -0.05) is 206 Å². The molecule has 8 aromatic carbocycles. The number of nitro groups is 2. The summed E-state index contributed by atoms with van der Waals surface area (Å²) < 4.78 is 0. The molecule has 17 rings (SSSR count). The molecule has 0 saturated heterocycles. The number of thiol groups is 1. The normalized spacial score (nSPS) is 11.2. The highest BCUT2D eigenvalue weighted by molar-refractivity contribution is 7.80. The molecule has 125 heavy (non-hydrogen) atoms. The van der Waals surface area contributed by atoms with Crippen LogP contribution in [-0.2, 0) is 14.4 Å². The third-order valence-electron chi connectivity index (χ3n) is 17.9. The highest BCUT2D eigenvalue weighted by Gasteiger charge is 2.30. The van der Waals surface area contributed by atoms with Crippen molar-refractivity contribution in [2.75, 3.05) is 33.6 Å². The van der Waals surface area contributed by atoms with Crippen LogP contribution in [0.2, 0.25) is 45.3 Å². The van der Waals surface area contributed by atoms with Gasteiger partial charge in [0.25, 0.3) is 22.5 Å². The molecule has 642 valence electrons. The third-order valence-corrected chi connectivity index (χ3v) is 21.2. The lowest BCUT2D eigenvalue weighted by molar-refractivity contribution is -0.385. The van der Waals surface area contributed by atoms with Crippen LogP contribution in [0, 0.1) is 49.3 Å². The lowest BCUT2D eigenvalue weighted by atomic mass is 9.95. The molecule has 0 aliphatic carbocycles. The van der Waals surface area contributed by atoms with Gasteiger partial charge in [0.15, 0.2) is 11.6 Å². The first-order chi connectivity index (χ1) is 58.9. The Morgan fingerprint density at radius 1 is 0.464 bits per heavy atom. The second-order valence-electron chi connectivity index (χ2n) is 29.0. The van der Waals surface area contributed by atoms with Gasteiger partial charge in [-0.05, 0) is 106 Å². The number of rotatable bonds is 7. The van der Waals surface area contributed by atoms with Gasteiger partial charge in [0.05, 0.1) is 83.7 Å². The number of anilines is 6. The van der Waals surface area contributed by atoms with Crippen molar-refractivity contribution in [2.45, 2.75) is 73.1 Å². The van der Waals surface area contributed by atoms with E-state index >= 15 is 0 Å². The van der Waals surface area contributed by atoms with E-state index in [1.54, 1.807) is 69.3 Å². The first-order valence-corrected chi connectivity index (χ1v) is 40.4. The monoisotopic (exact) mass is 1880 g/mol. The second kappa shape index (κ2) is 39.8. The Morgan fingerprint density at radius 2 is 0.864 bits per heavy atom. The molecule has 0 fully saturated rings. The molecule has 0 saturated carbocycles. The number of hydrogen-bond acceptors (Lipinski definition) is 22. The van der Waals surface area contributed by atoms with E-state index in [0.29, 0.717) is 97.2 Å². The number of amides is 2. The van der Waals surface area contributed by atoms with Crippen LogP contribution in [0.15, 0.2) is 166 Å². The number of aromatic amines is 7. The first-order valence-electron chi connectivity index (χ1n) is 36.5. The van der Waals surface area contributed by atoms with Crippen LogP contribution in [0.4, 0.5) is 46.8 Å². The van der Waals surface area contributed by atoms with Gasteiger partial charge < -0.3 is 47.9 Å². The quantitative estimate of drug-likeness (QED) is 0.0232. The molecule has 42 heteroatoms. The number of Topliss-reactive ketones (excluding diaryl/α,β-unsaturated/α-hetero) is 2. The molecular weight excluding hydrogens is 1820 g/mol. The molecular formula is C83H71Cl9N22O10S. The predicted octanol–water partition coefficient (Wildman–Crippen LogP) is 21.2. The Balaban J connectivity index is 0.000000151. The lowest BCUT2D eigenvalue weighted by Crippen LogP contribution is -2.29. The van der Waals surface area contributed by atoms with Crippen molar-refractivity contribution in [3.8, 4) is 6.07 Å². The van der Waals surface area contributed by atoms with Gasteiger partial charge in [-0.2, -0.15) is 35.2 Å². The molecule has 0 spiro atoms. The number of carbonyl (C=O) groups excluding carboxylic acids is 4. The molecule has 9 heterocycles. The van der Waals surface area contributed by atoms with Crippen molar-refractivity contribution >= 4 is 286 Å². The van der Waals surface area contributed by atoms with Crippen molar-refractivity contribution in [1.82, 2.24) is 64.8 Å². The topological polar surface area (TPSA) is 528 Å². The summed E-state index contributed by atoms with van der Waals surface area (Å²) in [5, 5.41) is 44.1. The molecule has 32 nitrogen and oxygen atoms in total. The van der Waals surface area contributed by atoms with Crippen molar-refractivity contribution < 1.29 is 29.0 Å². The zero-order chi connectivity index (χ0) is 91.7. The van der Waals surface area contributed by atoms with Crippen molar-refractivity contribution in [3.63, 3.8) is 0 Å². The number of benzene rings is 8. The van der Waals surface area contributed by atoms with Crippen LogP contribution < -0.4 is 44.7 Å². The second-order valence-corrected chi connectivity index (χ2v) is 33.1. The molecule has 17 N–H and O–H groups in total. The van der Waals surface area contributed by atoms with E-state index in [4.69, 9.17) is 133 Å². The van der Waals surface area contributed by atoms with E-state index in [2.05, 4.69) is 95.0 Å². The standard InChI is InChI=1S/C15H14Cl2N4O.C15H15ClN4O2.C10H8ClN5.C10H7ClN4O.C10H7ClN2O3.C10H9ClN2O.C7H8S.C6H3Cl2NO2/c1-15(2,3)13(22)21-14-19-11(17)10-9-7(16)5-4-6-8(9)18-12(10)20-14;1-15(2,3)13(22)20-14-18-11-10(12(21)19-14)9-7(16)5-4-6-8(9)17-11;11-4-2-1-3-5-6(4)7-8(12)15-10(13)16-9(7)14-5;11-4-2-1-3-5-6(4)7-8(13-5)14-10(12)15-9(7)16;1-6(14)7(5-12)10-8(11)3-2-4-9(10)13(15)16;1-5(14)8-9-6(11)3-2-4-7(9)13-10(8)12;1-6-2-4-7(8)5-3-6;7-4-2-1-3-5(6(4)8)9(10)11/h4-6H,1-3H3,(H2,18,19,20,21,22);4-6H,1-3H3,(H3,17,18,19,20,21,22);1-3H,(H5,12,13,14,15,16);1-3H,(H4,12,13,14,15,16);2-4,7H,1H3;2-4,13H,12H2,1H3;2-5,8H,1H3;1-3H.